The molecule has 3 rings (SSSR count). The Morgan fingerprint density at radius 2 is 1.85 bits per heavy atom. The molecule has 0 aliphatic heterocycles. The second kappa shape index (κ2) is 8.60. The summed E-state index contributed by atoms with van der Waals surface area (Å²) in [6, 6.07) is 12.5. The van der Waals surface area contributed by atoms with Crippen molar-refractivity contribution in [3.05, 3.63) is 88.7 Å². The van der Waals surface area contributed by atoms with Crippen molar-refractivity contribution in [2.45, 2.75) is 6.42 Å². The van der Waals surface area contributed by atoms with Crippen LogP contribution in [0.25, 0.3) is 0 Å². The Bertz CT molecular complexity index is 965. The van der Waals surface area contributed by atoms with E-state index in [0.717, 1.165) is 17.7 Å². The second-order valence-corrected chi connectivity index (χ2v) is 6.29. The van der Waals surface area contributed by atoms with Gasteiger partial charge in [0.05, 0.1) is 17.4 Å². The Morgan fingerprint density at radius 1 is 1.00 bits per heavy atom. The van der Waals surface area contributed by atoms with E-state index in [1.54, 1.807) is 12.1 Å². The molecule has 27 heavy (non-hydrogen) atoms. The van der Waals surface area contributed by atoms with Gasteiger partial charge in [-0.15, -0.1) is 0 Å². The van der Waals surface area contributed by atoms with E-state index in [4.69, 9.17) is 11.6 Å². The van der Waals surface area contributed by atoms with Gasteiger partial charge in [0, 0.05) is 29.5 Å². The van der Waals surface area contributed by atoms with Crippen LogP contribution in [-0.2, 0) is 6.42 Å². The third-order valence-corrected chi connectivity index (χ3v) is 4.03. The first kappa shape index (κ1) is 18.8. The van der Waals surface area contributed by atoms with Crippen molar-refractivity contribution in [2.24, 2.45) is 0 Å². The largest absolute Gasteiger partial charge is 0.354 e. The molecule has 0 radical (unpaired) electrons. The quantitative estimate of drug-likeness (QED) is 0.643. The monoisotopic (exact) mass is 387 g/mol. The summed E-state index contributed by atoms with van der Waals surface area (Å²) in [7, 11) is 0. The van der Waals surface area contributed by atoms with Gasteiger partial charge in [-0.3, -0.25) is 9.78 Å². The third kappa shape index (κ3) is 5.24. The van der Waals surface area contributed by atoms with E-state index in [-0.39, 0.29) is 5.91 Å². The number of halogens is 3. The first-order chi connectivity index (χ1) is 13.0. The van der Waals surface area contributed by atoms with Gasteiger partial charge in [-0.25, -0.2) is 8.78 Å². The highest BCUT2D eigenvalue weighted by atomic mass is 35.5. The zero-order chi connectivity index (χ0) is 19.2. The van der Waals surface area contributed by atoms with Crippen LogP contribution in [0.4, 0.5) is 20.2 Å². The molecule has 0 atom stereocenters. The summed E-state index contributed by atoms with van der Waals surface area (Å²) in [5.74, 6) is -2.16. The van der Waals surface area contributed by atoms with Crippen molar-refractivity contribution >= 4 is 28.9 Å². The topological polar surface area (TPSA) is 54.0 Å². The normalized spacial score (nSPS) is 10.5. The van der Waals surface area contributed by atoms with Crippen molar-refractivity contribution in [1.82, 2.24) is 10.3 Å². The lowest BCUT2D eigenvalue weighted by Gasteiger charge is -2.09. The molecule has 0 fully saturated rings. The van der Waals surface area contributed by atoms with Crippen LogP contribution in [0.2, 0.25) is 5.02 Å². The number of nitrogens with one attached hydrogen (secondary N) is 2. The van der Waals surface area contributed by atoms with Gasteiger partial charge in [-0.05, 0) is 42.3 Å². The fourth-order valence-electron chi connectivity index (χ4n) is 2.49. The van der Waals surface area contributed by atoms with Crippen LogP contribution in [0.5, 0.6) is 0 Å². The predicted molar refractivity (Wildman–Crippen MR) is 101 cm³/mol. The van der Waals surface area contributed by atoms with Gasteiger partial charge in [0.1, 0.15) is 0 Å². The van der Waals surface area contributed by atoms with Gasteiger partial charge in [0.25, 0.3) is 5.91 Å². The van der Waals surface area contributed by atoms with E-state index >= 15 is 0 Å². The lowest BCUT2D eigenvalue weighted by atomic mass is 10.1. The maximum absolute atomic E-state index is 13.3. The Labute approximate surface area is 160 Å². The predicted octanol–water partition coefficient (Wildman–Crippen LogP) is 4.73. The van der Waals surface area contributed by atoms with E-state index in [1.807, 2.05) is 18.2 Å². The minimum absolute atomic E-state index is 0.279. The number of hydrogen-bond donors (Lipinski definition) is 2. The highest BCUT2D eigenvalue weighted by Gasteiger charge is 2.08. The summed E-state index contributed by atoms with van der Waals surface area (Å²) in [6.45, 7) is 0.444. The van der Waals surface area contributed by atoms with E-state index in [2.05, 4.69) is 15.6 Å². The highest BCUT2D eigenvalue weighted by molar-refractivity contribution is 6.30. The Morgan fingerprint density at radius 3 is 2.63 bits per heavy atom. The molecule has 0 bridgehead atoms. The van der Waals surface area contributed by atoms with Gasteiger partial charge in [0.2, 0.25) is 0 Å². The number of amides is 1. The van der Waals surface area contributed by atoms with Crippen LogP contribution in [-0.4, -0.2) is 17.4 Å². The molecule has 3 aromatic rings. The average Bonchev–Trinajstić information content (AvgIpc) is 2.65. The summed E-state index contributed by atoms with van der Waals surface area (Å²) in [5.41, 5.74) is 2.22. The second-order valence-electron chi connectivity index (χ2n) is 5.85. The van der Waals surface area contributed by atoms with Crippen LogP contribution in [0, 0.1) is 11.6 Å². The Kier molecular flexibility index (Phi) is 5.98. The first-order valence-electron chi connectivity index (χ1n) is 8.21. The number of anilines is 2. The van der Waals surface area contributed by atoms with Crippen LogP contribution in [0.1, 0.15) is 15.9 Å². The van der Waals surface area contributed by atoms with Crippen LogP contribution in [0.15, 0.2) is 60.9 Å². The number of hydrogen-bond acceptors (Lipinski definition) is 3. The van der Waals surface area contributed by atoms with Gasteiger partial charge in [-0.2, -0.15) is 0 Å². The summed E-state index contributed by atoms with van der Waals surface area (Å²) in [6.07, 6.45) is 3.57. The number of benzene rings is 2. The SMILES string of the molecule is O=C(NCCc1cccc(Cl)c1)c1cncc(Nc2ccc(F)c(F)c2)c1. The van der Waals surface area contributed by atoms with E-state index < -0.39 is 11.6 Å². The number of carbonyl (C=O) groups is 1. The average molecular weight is 388 g/mol. The molecule has 1 amide bonds. The van der Waals surface area contributed by atoms with Crippen molar-refractivity contribution in [2.75, 3.05) is 11.9 Å². The number of rotatable bonds is 6. The third-order valence-electron chi connectivity index (χ3n) is 3.80. The number of carbonyl (C=O) groups excluding carboxylic acids is 1. The number of pyridine rings is 1. The fourth-order valence-corrected chi connectivity index (χ4v) is 2.70. The van der Waals surface area contributed by atoms with Crippen LogP contribution in [0.3, 0.4) is 0 Å². The molecule has 1 aromatic heterocycles. The molecule has 1 heterocycles. The smallest absolute Gasteiger partial charge is 0.252 e. The Hall–Kier alpha value is -2.99. The van der Waals surface area contributed by atoms with Crippen LogP contribution < -0.4 is 10.6 Å². The van der Waals surface area contributed by atoms with E-state index in [1.165, 1.54) is 18.5 Å². The molecule has 0 aliphatic rings. The molecule has 138 valence electrons. The molecule has 2 N–H and O–H groups in total. The maximum atomic E-state index is 13.3. The lowest BCUT2D eigenvalue weighted by Crippen LogP contribution is -2.25. The lowest BCUT2D eigenvalue weighted by molar-refractivity contribution is 0.0954. The van der Waals surface area contributed by atoms with Crippen molar-refractivity contribution in [1.29, 1.82) is 0 Å². The minimum atomic E-state index is -0.956. The Balaban J connectivity index is 1.60. The van der Waals surface area contributed by atoms with E-state index in [0.29, 0.717) is 34.9 Å². The molecule has 0 spiro atoms. The van der Waals surface area contributed by atoms with Crippen molar-refractivity contribution in [3.63, 3.8) is 0 Å². The summed E-state index contributed by atoms with van der Waals surface area (Å²) < 4.78 is 26.3. The zero-order valence-electron chi connectivity index (χ0n) is 14.2. The summed E-state index contributed by atoms with van der Waals surface area (Å²) >= 11 is 5.94. The fraction of sp³-hybridized carbons (Fsp3) is 0.100. The summed E-state index contributed by atoms with van der Waals surface area (Å²) in [5, 5.41) is 6.36. The summed E-state index contributed by atoms with van der Waals surface area (Å²) in [4.78, 5) is 16.3. The molecule has 2 aromatic carbocycles. The molecule has 0 saturated heterocycles. The highest BCUT2D eigenvalue weighted by Crippen LogP contribution is 2.19. The van der Waals surface area contributed by atoms with Crippen molar-refractivity contribution < 1.29 is 13.6 Å². The molecular formula is C20H16ClF2N3O. The van der Waals surface area contributed by atoms with E-state index in [9.17, 15) is 13.6 Å². The standard InChI is InChI=1S/C20H16ClF2N3O/c21-15-3-1-2-13(8-15)6-7-25-20(27)14-9-17(12-24-11-14)26-16-4-5-18(22)19(23)10-16/h1-5,8-12,26H,6-7H2,(H,25,27). The van der Waals surface area contributed by atoms with Crippen molar-refractivity contribution in [3.8, 4) is 0 Å². The molecule has 4 nitrogen and oxygen atoms in total. The first-order valence-corrected chi connectivity index (χ1v) is 8.59. The van der Waals surface area contributed by atoms with Crippen LogP contribution >= 0.6 is 11.6 Å². The number of nitrogens with zero attached hydrogens (tertiary/aromatic N) is 1. The zero-order valence-corrected chi connectivity index (χ0v) is 14.9. The molecule has 7 heteroatoms. The maximum Gasteiger partial charge on any atom is 0.252 e. The number of aromatic nitrogens is 1. The minimum Gasteiger partial charge on any atom is -0.354 e. The molecule has 0 unspecified atom stereocenters. The van der Waals surface area contributed by atoms with Gasteiger partial charge in [0.15, 0.2) is 11.6 Å². The molecule has 0 aliphatic carbocycles. The molecule has 0 saturated carbocycles. The van der Waals surface area contributed by atoms with Gasteiger partial charge >= 0.3 is 0 Å². The van der Waals surface area contributed by atoms with Gasteiger partial charge in [-0.1, -0.05) is 23.7 Å². The van der Waals surface area contributed by atoms with Gasteiger partial charge < -0.3 is 10.6 Å². The molecular weight excluding hydrogens is 372 g/mol.